The summed E-state index contributed by atoms with van der Waals surface area (Å²) < 4.78 is 0. The van der Waals surface area contributed by atoms with Crippen LogP contribution in [0.25, 0.3) is 0 Å². The summed E-state index contributed by atoms with van der Waals surface area (Å²) in [6, 6.07) is 1.39. The maximum Gasteiger partial charge on any atom is 0.0628 e. The molecule has 3 heteroatoms. The molecule has 0 aromatic rings. The van der Waals surface area contributed by atoms with Crippen molar-refractivity contribution in [3.05, 3.63) is 0 Å². The van der Waals surface area contributed by atoms with Crippen molar-refractivity contribution in [2.45, 2.75) is 82.8 Å². The molecule has 1 atom stereocenters. The van der Waals surface area contributed by atoms with Crippen LogP contribution in [0.3, 0.4) is 0 Å². The molecule has 1 unspecified atom stereocenters. The van der Waals surface area contributed by atoms with Crippen LogP contribution in [0, 0.1) is 11.3 Å². The Morgan fingerprint density at radius 2 is 1.71 bits per heavy atom. The van der Waals surface area contributed by atoms with Crippen LogP contribution in [-0.2, 0) is 0 Å². The Kier molecular flexibility index (Phi) is 4.37. The van der Waals surface area contributed by atoms with E-state index in [1.54, 1.807) is 0 Å². The summed E-state index contributed by atoms with van der Waals surface area (Å²) in [6.45, 7) is 6.13. The van der Waals surface area contributed by atoms with E-state index in [2.05, 4.69) is 31.1 Å². The number of nitrogens with zero attached hydrogens (tertiary/aromatic N) is 1. The van der Waals surface area contributed by atoms with E-state index in [-0.39, 0.29) is 5.54 Å². The van der Waals surface area contributed by atoms with Crippen LogP contribution in [0.1, 0.15) is 65.2 Å². The number of hydrogen-bond acceptors (Lipinski definition) is 3. The van der Waals surface area contributed by atoms with Crippen LogP contribution >= 0.6 is 0 Å². The monoisotopic (exact) mass is 294 g/mol. The molecule has 0 bridgehead atoms. The minimum atomic E-state index is -0.0249. The lowest BCUT2D eigenvalue weighted by Crippen LogP contribution is -2.59. The molecule has 3 nitrogen and oxygen atoms in total. The molecule has 3 saturated carbocycles. The average Bonchev–Trinajstić information content (AvgIpc) is 3.30. The third-order valence-corrected chi connectivity index (χ3v) is 6.17. The first-order chi connectivity index (χ1) is 9.94. The van der Waals surface area contributed by atoms with E-state index < -0.39 is 0 Å². The molecule has 0 aliphatic heterocycles. The zero-order chi connectivity index (χ0) is 15.1. The Morgan fingerprint density at radius 3 is 2.19 bits per heavy atom. The average molecular weight is 294 g/mol. The summed E-state index contributed by atoms with van der Waals surface area (Å²) in [7, 11) is 2.28. The van der Waals surface area contributed by atoms with Crippen molar-refractivity contribution in [2.75, 3.05) is 20.2 Å². The molecule has 0 spiro atoms. The summed E-state index contributed by atoms with van der Waals surface area (Å²) in [4.78, 5) is 2.55. The summed E-state index contributed by atoms with van der Waals surface area (Å²) in [5, 5.41) is 13.9. The van der Waals surface area contributed by atoms with Gasteiger partial charge in [-0.05, 0) is 69.7 Å². The molecule has 3 aliphatic rings. The van der Waals surface area contributed by atoms with Gasteiger partial charge in [-0.2, -0.15) is 0 Å². The predicted molar refractivity (Wildman–Crippen MR) is 87.4 cm³/mol. The molecule has 2 N–H and O–H groups in total. The lowest BCUT2D eigenvalue weighted by molar-refractivity contribution is 0.0587. The molecule has 0 saturated heterocycles. The highest BCUT2D eigenvalue weighted by molar-refractivity contribution is 5.06. The van der Waals surface area contributed by atoms with Crippen molar-refractivity contribution in [2.24, 2.45) is 11.3 Å². The smallest absolute Gasteiger partial charge is 0.0628 e. The molecule has 21 heavy (non-hydrogen) atoms. The van der Waals surface area contributed by atoms with Crippen molar-refractivity contribution in [3.63, 3.8) is 0 Å². The van der Waals surface area contributed by atoms with Crippen molar-refractivity contribution >= 4 is 0 Å². The van der Waals surface area contributed by atoms with Crippen LogP contribution in [0.15, 0.2) is 0 Å². The summed E-state index contributed by atoms with van der Waals surface area (Å²) >= 11 is 0. The fourth-order valence-electron chi connectivity index (χ4n) is 4.19. The van der Waals surface area contributed by atoms with Crippen LogP contribution in [-0.4, -0.2) is 47.8 Å². The van der Waals surface area contributed by atoms with Crippen molar-refractivity contribution in [1.29, 1.82) is 0 Å². The Morgan fingerprint density at radius 1 is 1.10 bits per heavy atom. The van der Waals surface area contributed by atoms with Crippen molar-refractivity contribution in [1.82, 2.24) is 10.2 Å². The first-order valence-corrected chi connectivity index (χ1v) is 9.03. The standard InChI is InChI=1S/C18H34N2O/c1-17(2)10-8-16(9-11-17)20(3)12-18(13-21,14-4-5-14)19-15-6-7-15/h14-16,19,21H,4-13H2,1-3H3. The van der Waals surface area contributed by atoms with E-state index in [1.807, 2.05) is 0 Å². The first-order valence-electron chi connectivity index (χ1n) is 9.03. The van der Waals surface area contributed by atoms with E-state index in [0.717, 1.165) is 6.54 Å². The quantitative estimate of drug-likeness (QED) is 0.758. The second kappa shape index (κ2) is 5.82. The van der Waals surface area contributed by atoms with E-state index in [4.69, 9.17) is 0 Å². The highest BCUT2D eigenvalue weighted by atomic mass is 16.3. The van der Waals surface area contributed by atoms with Gasteiger partial charge in [-0.3, -0.25) is 0 Å². The molecule has 3 rings (SSSR count). The molecular formula is C18H34N2O. The van der Waals surface area contributed by atoms with Crippen LogP contribution in [0.2, 0.25) is 0 Å². The van der Waals surface area contributed by atoms with Crippen LogP contribution in [0.5, 0.6) is 0 Å². The van der Waals surface area contributed by atoms with E-state index in [9.17, 15) is 5.11 Å². The zero-order valence-corrected chi connectivity index (χ0v) is 14.2. The zero-order valence-electron chi connectivity index (χ0n) is 14.2. The van der Waals surface area contributed by atoms with Crippen molar-refractivity contribution in [3.8, 4) is 0 Å². The molecule has 0 radical (unpaired) electrons. The van der Waals surface area contributed by atoms with Gasteiger partial charge in [0.15, 0.2) is 0 Å². The van der Waals surface area contributed by atoms with Gasteiger partial charge in [0.1, 0.15) is 0 Å². The van der Waals surface area contributed by atoms with Crippen molar-refractivity contribution < 1.29 is 5.11 Å². The Balaban J connectivity index is 1.59. The topological polar surface area (TPSA) is 35.5 Å². The molecular weight excluding hydrogens is 260 g/mol. The maximum atomic E-state index is 10.1. The van der Waals surface area contributed by atoms with Gasteiger partial charge in [0, 0.05) is 18.6 Å². The number of rotatable bonds is 7. The Labute approximate surface area is 130 Å². The molecule has 0 amide bonds. The number of hydrogen-bond donors (Lipinski definition) is 2. The summed E-state index contributed by atoms with van der Waals surface area (Å²) in [5.74, 6) is 0.700. The number of nitrogens with one attached hydrogen (secondary N) is 1. The normalized spacial score (nSPS) is 29.6. The van der Waals surface area contributed by atoms with Gasteiger partial charge in [0.05, 0.1) is 12.1 Å². The number of likely N-dealkylation sites (N-methyl/N-ethyl adjacent to an activating group) is 1. The van der Waals surface area contributed by atoms with E-state index >= 15 is 0 Å². The number of aliphatic hydroxyl groups is 1. The SMILES string of the molecule is CN(CC(CO)(NC1CC1)C1CC1)C1CCC(C)(C)CC1. The van der Waals surface area contributed by atoms with Gasteiger partial charge in [-0.1, -0.05) is 13.8 Å². The fraction of sp³-hybridized carbons (Fsp3) is 1.00. The lowest BCUT2D eigenvalue weighted by Gasteiger charge is -2.43. The van der Waals surface area contributed by atoms with Gasteiger partial charge in [-0.25, -0.2) is 0 Å². The van der Waals surface area contributed by atoms with Gasteiger partial charge in [0.2, 0.25) is 0 Å². The molecule has 0 aromatic carbocycles. The van der Waals surface area contributed by atoms with Gasteiger partial charge in [0.25, 0.3) is 0 Å². The molecule has 3 fully saturated rings. The number of aliphatic hydroxyl groups excluding tert-OH is 1. The van der Waals surface area contributed by atoms with Gasteiger partial charge in [-0.15, -0.1) is 0 Å². The van der Waals surface area contributed by atoms with E-state index in [1.165, 1.54) is 51.4 Å². The third kappa shape index (κ3) is 3.80. The molecule has 122 valence electrons. The maximum absolute atomic E-state index is 10.1. The Hall–Kier alpha value is -0.120. The first kappa shape index (κ1) is 15.8. The predicted octanol–water partition coefficient (Wildman–Crippen LogP) is 2.78. The summed E-state index contributed by atoms with van der Waals surface area (Å²) in [5.41, 5.74) is 0.511. The van der Waals surface area contributed by atoms with Crippen LogP contribution in [0.4, 0.5) is 0 Å². The lowest BCUT2D eigenvalue weighted by atomic mass is 9.75. The highest BCUT2D eigenvalue weighted by Gasteiger charge is 2.48. The third-order valence-electron chi connectivity index (χ3n) is 6.17. The second-order valence-corrected chi connectivity index (χ2v) is 8.82. The Bertz CT molecular complexity index is 352. The largest absolute Gasteiger partial charge is 0.394 e. The second-order valence-electron chi connectivity index (χ2n) is 8.82. The van der Waals surface area contributed by atoms with E-state index in [0.29, 0.717) is 30.0 Å². The minimum absolute atomic E-state index is 0.0249. The fourth-order valence-corrected chi connectivity index (χ4v) is 4.19. The highest BCUT2D eigenvalue weighted by Crippen LogP contribution is 2.43. The summed E-state index contributed by atoms with van der Waals surface area (Å²) in [6.07, 6.45) is 10.5. The minimum Gasteiger partial charge on any atom is -0.394 e. The molecule has 0 aromatic heterocycles. The van der Waals surface area contributed by atoms with Gasteiger partial charge < -0.3 is 15.3 Å². The van der Waals surface area contributed by atoms with Crippen LogP contribution < -0.4 is 5.32 Å². The van der Waals surface area contributed by atoms with Gasteiger partial charge >= 0.3 is 0 Å². The molecule has 0 heterocycles. The molecule has 3 aliphatic carbocycles.